The van der Waals surface area contributed by atoms with Crippen molar-refractivity contribution in [2.45, 2.75) is 12.8 Å². The Morgan fingerprint density at radius 1 is 1.64 bits per heavy atom. The van der Waals surface area contributed by atoms with Crippen LogP contribution in [0.3, 0.4) is 0 Å². The summed E-state index contributed by atoms with van der Waals surface area (Å²) in [5, 5.41) is 3.20. The standard InChI is InChI=1S/C9H18N2O3/c10-9(12)14-5-3-11-6-8-2-1-4-13-7-8/h8,11H,1-7H2,(H2,10,12). The van der Waals surface area contributed by atoms with Crippen LogP contribution in [0.25, 0.3) is 0 Å². The highest BCUT2D eigenvalue weighted by Gasteiger charge is 2.12. The molecule has 1 fully saturated rings. The fourth-order valence-electron chi connectivity index (χ4n) is 1.50. The molecule has 0 aromatic carbocycles. The Balaban J connectivity index is 1.90. The van der Waals surface area contributed by atoms with Crippen LogP contribution in [0.5, 0.6) is 0 Å². The van der Waals surface area contributed by atoms with Gasteiger partial charge in [-0.2, -0.15) is 0 Å². The monoisotopic (exact) mass is 202 g/mol. The summed E-state index contributed by atoms with van der Waals surface area (Å²) < 4.78 is 9.91. The van der Waals surface area contributed by atoms with E-state index < -0.39 is 6.09 Å². The topological polar surface area (TPSA) is 73.6 Å². The highest BCUT2D eigenvalue weighted by molar-refractivity contribution is 5.64. The number of ether oxygens (including phenoxy) is 2. The van der Waals surface area contributed by atoms with E-state index in [9.17, 15) is 4.79 Å². The number of hydrogen-bond acceptors (Lipinski definition) is 4. The van der Waals surface area contributed by atoms with Crippen molar-refractivity contribution in [3.05, 3.63) is 0 Å². The van der Waals surface area contributed by atoms with Crippen molar-refractivity contribution in [2.24, 2.45) is 11.7 Å². The van der Waals surface area contributed by atoms with Crippen molar-refractivity contribution >= 4 is 6.09 Å². The third-order valence-electron chi connectivity index (χ3n) is 2.21. The fourth-order valence-corrected chi connectivity index (χ4v) is 1.50. The first-order valence-electron chi connectivity index (χ1n) is 4.99. The molecule has 1 unspecified atom stereocenters. The Morgan fingerprint density at radius 2 is 2.50 bits per heavy atom. The molecule has 1 atom stereocenters. The predicted octanol–water partition coefficient (Wildman–Crippen LogP) is 0.0979. The first-order valence-corrected chi connectivity index (χ1v) is 4.99. The molecule has 5 heteroatoms. The quantitative estimate of drug-likeness (QED) is 0.620. The molecular formula is C9H18N2O3. The summed E-state index contributed by atoms with van der Waals surface area (Å²) in [7, 11) is 0. The predicted molar refractivity (Wildman–Crippen MR) is 51.9 cm³/mol. The number of carbonyl (C=O) groups is 1. The Hall–Kier alpha value is -0.810. The van der Waals surface area contributed by atoms with Gasteiger partial charge in [0.2, 0.25) is 0 Å². The van der Waals surface area contributed by atoms with Gasteiger partial charge in [-0.3, -0.25) is 0 Å². The van der Waals surface area contributed by atoms with E-state index in [0.29, 0.717) is 19.1 Å². The van der Waals surface area contributed by atoms with Crippen LogP contribution in [-0.4, -0.2) is 39.0 Å². The van der Waals surface area contributed by atoms with Gasteiger partial charge < -0.3 is 20.5 Å². The third kappa shape index (κ3) is 5.04. The van der Waals surface area contributed by atoms with Crippen molar-refractivity contribution in [2.75, 3.05) is 32.9 Å². The molecule has 1 amide bonds. The lowest BCUT2D eigenvalue weighted by molar-refractivity contribution is 0.0543. The van der Waals surface area contributed by atoms with Gasteiger partial charge in [-0.1, -0.05) is 0 Å². The maximum atomic E-state index is 10.2. The van der Waals surface area contributed by atoms with Gasteiger partial charge in [0.25, 0.3) is 0 Å². The molecule has 5 nitrogen and oxygen atoms in total. The van der Waals surface area contributed by atoms with E-state index in [0.717, 1.165) is 26.2 Å². The van der Waals surface area contributed by atoms with Crippen LogP contribution in [-0.2, 0) is 9.47 Å². The Bertz CT molecular complexity index is 169. The van der Waals surface area contributed by atoms with E-state index in [4.69, 9.17) is 10.5 Å². The number of nitrogens with two attached hydrogens (primary N) is 1. The van der Waals surface area contributed by atoms with Crippen molar-refractivity contribution in [3.63, 3.8) is 0 Å². The number of hydrogen-bond donors (Lipinski definition) is 2. The zero-order valence-electron chi connectivity index (χ0n) is 8.33. The van der Waals surface area contributed by atoms with Crippen molar-refractivity contribution < 1.29 is 14.3 Å². The third-order valence-corrected chi connectivity index (χ3v) is 2.21. The Morgan fingerprint density at radius 3 is 3.14 bits per heavy atom. The first kappa shape index (κ1) is 11.3. The van der Waals surface area contributed by atoms with Crippen LogP contribution in [0.2, 0.25) is 0 Å². The van der Waals surface area contributed by atoms with Gasteiger partial charge in [0, 0.05) is 19.7 Å². The number of nitrogens with one attached hydrogen (secondary N) is 1. The van der Waals surface area contributed by atoms with Gasteiger partial charge in [0.15, 0.2) is 0 Å². The van der Waals surface area contributed by atoms with Crippen LogP contribution < -0.4 is 11.1 Å². The summed E-state index contributed by atoms with van der Waals surface area (Å²) in [6.45, 7) is 3.63. The lowest BCUT2D eigenvalue weighted by Crippen LogP contribution is -2.31. The maximum absolute atomic E-state index is 10.2. The smallest absolute Gasteiger partial charge is 0.404 e. The second-order valence-electron chi connectivity index (χ2n) is 3.45. The van der Waals surface area contributed by atoms with E-state index in [1.165, 1.54) is 6.42 Å². The molecule has 0 spiro atoms. The summed E-state index contributed by atoms with van der Waals surface area (Å²) in [4.78, 5) is 10.2. The molecule has 0 aliphatic carbocycles. The largest absolute Gasteiger partial charge is 0.448 e. The molecule has 1 aliphatic rings. The SMILES string of the molecule is NC(=O)OCCNCC1CCCOC1. The summed E-state index contributed by atoms with van der Waals surface area (Å²) in [5.41, 5.74) is 4.81. The molecule has 1 heterocycles. The van der Waals surface area contributed by atoms with Crippen molar-refractivity contribution in [3.8, 4) is 0 Å². The minimum Gasteiger partial charge on any atom is -0.448 e. The van der Waals surface area contributed by atoms with Gasteiger partial charge >= 0.3 is 6.09 Å². The minimum atomic E-state index is -0.715. The van der Waals surface area contributed by atoms with Crippen LogP contribution in [0, 0.1) is 5.92 Å². The average Bonchev–Trinajstić information content (AvgIpc) is 2.18. The second-order valence-corrected chi connectivity index (χ2v) is 3.45. The van der Waals surface area contributed by atoms with Gasteiger partial charge in [0.1, 0.15) is 6.61 Å². The Labute approximate surface area is 83.9 Å². The highest BCUT2D eigenvalue weighted by Crippen LogP contribution is 2.11. The van der Waals surface area contributed by atoms with Crippen LogP contribution in [0.4, 0.5) is 4.79 Å². The van der Waals surface area contributed by atoms with Gasteiger partial charge in [0.05, 0.1) is 6.61 Å². The molecule has 0 aromatic rings. The van der Waals surface area contributed by atoms with Gasteiger partial charge in [-0.25, -0.2) is 4.79 Å². The van der Waals surface area contributed by atoms with E-state index >= 15 is 0 Å². The zero-order chi connectivity index (χ0) is 10.2. The normalized spacial score (nSPS) is 21.9. The van der Waals surface area contributed by atoms with Gasteiger partial charge in [-0.15, -0.1) is 0 Å². The summed E-state index contributed by atoms with van der Waals surface area (Å²) >= 11 is 0. The van der Waals surface area contributed by atoms with Crippen molar-refractivity contribution in [1.82, 2.24) is 5.32 Å². The maximum Gasteiger partial charge on any atom is 0.404 e. The lowest BCUT2D eigenvalue weighted by atomic mass is 10.0. The molecular weight excluding hydrogens is 184 g/mol. The molecule has 14 heavy (non-hydrogen) atoms. The van der Waals surface area contributed by atoms with E-state index in [2.05, 4.69) is 10.1 Å². The summed E-state index contributed by atoms with van der Waals surface area (Å²) in [5.74, 6) is 0.595. The van der Waals surface area contributed by atoms with E-state index in [1.54, 1.807) is 0 Å². The molecule has 0 saturated carbocycles. The summed E-state index contributed by atoms with van der Waals surface area (Å²) in [6.07, 6.45) is 1.64. The number of carbonyl (C=O) groups excluding carboxylic acids is 1. The molecule has 82 valence electrons. The molecule has 1 aliphatic heterocycles. The van der Waals surface area contributed by atoms with Crippen LogP contribution in [0.1, 0.15) is 12.8 Å². The number of rotatable bonds is 5. The van der Waals surface area contributed by atoms with E-state index in [-0.39, 0.29) is 0 Å². The second kappa shape index (κ2) is 6.62. The summed E-state index contributed by atoms with van der Waals surface area (Å²) in [6, 6.07) is 0. The molecule has 1 rings (SSSR count). The lowest BCUT2D eigenvalue weighted by Gasteiger charge is -2.22. The number of primary amides is 1. The average molecular weight is 202 g/mol. The van der Waals surface area contributed by atoms with E-state index in [1.807, 2.05) is 0 Å². The molecule has 1 saturated heterocycles. The fraction of sp³-hybridized carbons (Fsp3) is 0.889. The molecule has 3 N–H and O–H groups in total. The first-order chi connectivity index (χ1) is 6.79. The van der Waals surface area contributed by atoms with Crippen LogP contribution in [0.15, 0.2) is 0 Å². The van der Waals surface area contributed by atoms with Crippen LogP contribution >= 0.6 is 0 Å². The molecule has 0 aromatic heterocycles. The Kier molecular flexibility index (Phi) is 5.32. The zero-order valence-corrected chi connectivity index (χ0v) is 8.33. The number of amides is 1. The molecule has 0 radical (unpaired) electrons. The molecule has 0 bridgehead atoms. The van der Waals surface area contributed by atoms with Crippen molar-refractivity contribution in [1.29, 1.82) is 0 Å². The highest BCUT2D eigenvalue weighted by atomic mass is 16.5. The minimum absolute atomic E-state index is 0.336. The van der Waals surface area contributed by atoms with Gasteiger partial charge in [-0.05, 0) is 18.8 Å².